The van der Waals surface area contributed by atoms with E-state index >= 15 is 0 Å². The molecule has 3 aromatic rings. The van der Waals surface area contributed by atoms with Gasteiger partial charge in [0.15, 0.2) is 5.17 Å². The molecular weight excluding hydrogens is 390 g/mol. The molecule has 0 amide bonds. The Kier molecular flexibility index (Phi) is 4.43. The van der Waals surface area contributed by atoms with E-state index in [1.807, 2.05) is 0 Å². The Bertz CT molecular complexity index is 1140. The van der Waals surface area contributed by atoms with E-state index in [1.54, 1.807) is 54.1 Å². The molecule has 1 aliphatic heterocycles. The van der Waals surface area contributed by atoms with E-state index in [0.717, 1.165) is 11.3 Å². The quantitative estimate of drug-likeness (QED) is 0.646. The molecule has 1 aliphatic rings. The molecular formula is C17H13N3O3S3. The summed E-state index contributed by atoms with van der Waals surface area (Å²) in [4.78, 5) is 8.83. The number of aromatic hydroxyl groups is 1. The van der Waals surface area contributed by atoms with Crippen molar-refractivity contribution in [1.29, 1.82) is 0 Å². The lowest BCUT2D eigenvalue weighted by atomic mass is 10.1. The van der Waals surface area contributed by atoms with Gasteiger partial charge in [0.1, 0.15) is 9.96 Å². The summed E-state index contributed by atoms with van der Waals surface area (Å²) in [6.07, 6.45) is 1.68. The number of aliphatic imine (C=N–C) groups is 2. The second-order valence-electron chi connectivity index (χ2n) is 5.39. The summed E-state index contributed by atoms with van der Waals surface area (Å²) in [6.45, 7) is 0.508. The number of hydrogen-bond acceptors (Lipinski definition) is 7. The fourth-order valence-electron chi connectivity index (χ4n) is 2.54. The van der Waals surface area contributed by atoms with Crippen molar-refractivity contribution < 1.29 is 13.5 Å². The summed E-state index contributed by atoms with van der Waals surface area (Å²) in [5.41, 5.74) is 0.400. The fraction of sp³-hybridized carbons (Fsp3) is 0.0588. The third-order valence-corrected chi connectivity index (χ3v) is 7.41. The van der Waals surface area contributed by atoms with Crippen LogP contribution in [0.15, 0.2) is 66.9 Å². The number of thioether (sulfide) groups is 1. The summed E-state index contributed by atoms with van der Waals surface area (Å²) in [5, 5.41) is 14.0. The molecule has 0 atom stereocenters. The first-order valence-electron chi connectivity index (χ1n) is 7.60. The topological polar surface area (TPSA) is 91.1 Å². The van der Waals surface area contributed by atoms with Gasteiger partial charge in [0.05, 0.1) is 17.1 Å². The highest BCUT2D eigenvalue weighted by Crippen LogP contribution is 2.41. The highest BCUT2D eigenvalue weighted by molar-refractivity contribution is 8.14. The van der Waals surface area contributed by atoms with Crippen LogP contribution in [0.4, 0.5) is 5.69 Å². The number of nitrogens with one attached hydrogen (secondary N) is 1. The van der Waals surface area contributed by atoms with E-state index in [4.69, 9.17) is 0 Å². The summed E-state index contributed by atoms with van der Waals surface area (Å²) >= 11 is 2.34. The number of rotatable bonds is 4. The third kappa shape index (κ3) is 3.20. The van der Waals surface area contributed by atoms with Gasteiger partial charge in [-0.15, -0.1) is 11.3 Å². The number of phenols is 1. The van der Waals surface area contributed by atoms with Crippen LogP contribution in [0.25, 0.3) is 10.8 Å². The number of fused-ring (bicyclic) bond motifs is 1. The van der Waals surface area contributed by atoms with Crippen LogP contribution >= 0.6 is 23.1 Å². The number of hydrogen-bond donors (Lipinski definition) is 2. The first-order valence-corrected chi connectivity index (χ1v) is 10.8. The van der Waals surface area contributed by atoms with Crippen LogP contribution in [-0.4, -0.2) is 31.5 Å². The Labute approximate surface area is 158 Å². The lowest BCUT2D eigenvalue weighted by Gasteiger charge is -2.14. The average Bonchev–Trinajstić information content (AvgIpc) is 3.33. The Balaban J connectivity index is 1.82. The molecule has 2 heterocycles. The molecule has 132 valence electrons. The van der Waals surface area contributed by atoms with Crippen molar-refractivity contribution in [2.45, 2.75) is 9.10 Å². The van der Waals surface area contributed by atoms with Crippen LogP contribution in [0.2, 0.25) is 0 Å². The van der Waals surface area contributed by atoms with Crippen molar-refractivity contribution in [2.24, 2.45) is 9.98 Å². The maximum absolute atomic E-state index is 12.6. The van der Waals surface area contributed by atoms with E-state index in [2.05, 4.69) is 14.7 Å². The predicted octanol–water partition coefficient (Wildman–Crippen LogP) is 3.94. The van der Waals surface area contributed by atoms with Gasteiger partial charge in [0.2, 0.25) is 0 Å². The molecule has 6 nitrogen and oxygen atoms in total. The normalized spacial score (nSPS) is 13.9. The molecule has 0 saturated heterocycles. The number of nitrogens with zero attached hydrogens (tertiary/aromatic N) is 2. The van der Waals surface area contributed by atoms with Gasteiger partial charge in [-0.3, -0.25) is 9.71 Å². The monoisotopic (exact) mass is 403 g/mol. The number of anilines is 1. The molecule has 0 radical (unpaired) electrons. The van der Waals surface area contributed by atoms with E-state index < -0.39 is 10.0 Å². The van der Waals surface area contributed by atoms with Crippen LogP contribution in [0.5, 0.6) is 5.75 Å². The van der Waals surface area contributed by atoms with Crippen LogP contribution in [0.1, 0.15) is 0 Å². The SMILES string of the molecule is O=S(=O)(Nc1cc(SC2=NCC=N2)c(O)c2ccccc12)c1cccs1. The standard InChI is InChI=1S/C17H13N3O3S3/c21-16-12-5-2-1-4-11(12)13(10-14(16)25-17-18-7-8-19-17)20-26(22,23)15-6-3-9-24-15/h1-7,9-10,20-21H,8H2. The second kappa shape index (κ2) is 6.75. The summed E-state index contributed by atoms with van der Waals surface area (Å²) in [7, 11) is -3.70. The Morgan fingerprint density at radius 2 is 1.96 bits per heavy atom. The summed E-state index contributed by atoms with van der Waals surface area (Å²) in [5.74, 6) is 0.0782. The van der Waals surface area contributed by atoms with Crippen LogP contribution in [0.3, 0.4) is 0 Å². The van der Waals surface area contributed by atoms with Crippen LogP contribution in [0, 0.1) is 0 Å². The minimum Gasteiger partial charge on any atom is -0.506 e. The molecule has 0 aliphatic carbocycles. The predicted molar refractivity (Wildman–Crippen MR) is 107 cm³/mol. The van der Waals surface area contributed by atoms with Gasteiger partial charge < -0.3 is 5.11 Å². The summed E-state index contributed by atoms with van der Waals surface area (Å²) in [6, 6.07) is 11.9. The Morgan fingerprint density at radius 3 is 2.65 bits per heavy atom. The maximum atomic E-state index is 12.6. The second-order valence-corrected chi connectivity index (χ2v) is 9.26. The molecule has 0 spiro atoms. The van der Waals surface area contributed by atoms with Crippen LogP contribution < -0.4 is 4.72 Å². The number of amidine groups is 1. The molecule has 4 rings (SSSR count). The zero-order chi connectivity index (χ0) is 18.1. The van der Waals surface area contributed by atoms with Gasteiger partial charge in [0, 0.05) is 17.0 Å². The van der Waals surface area contributed by atoms with E-state index in [1.165, 1.54) is 11.8 Å². The third-order valence-electron chi connectivity index (χ3n) is 3.70. The van der Waals surface area contributed by atoms with Gasteiger partial charge >= 0.3 is 0 Å². The number of benzene rings is 2. The van der Waals surface area contributed by atoms with E-state index in [0.29, 0.717) is 33.1 Å². The molecule has 1 aromatic heterocycles. The first kappa shape index (κ1) is 17.1. The van der Waals surface area contributed by atoms with Gasteiger partial charge in [0.25, 0.3) is 10.0 Å². The highest BCUT2D eigenvalue weighted by Gasteiger charge is 2.20. The Morgan fingerprint density at radius 1 is 1.15 bits per heavy atom. The number of thiophene rings is 1. The van der Waals surface area contributed by atoms with Crippen molar-refractivity contribution in [1.82, 2.24) is 0 Å². The molecule has 0 unspecified atom stereocenters. The van der Waals surface area contributed by atoms with Crippen molar-refractivity contribution in [2.75, 3.05) is 11.3 Å². The minimum atomic E-state index is -3.70. The van der Waals surface area contributed by atoms with Crippen molar-refractivity contribution in [3.8, 4) is 5.75 Å². The van der Waals surface area contributed by atoms with E-state index in [-0.39, 0.29) is 9.96 Å². The van der Waals surface area contributed by atoms with E-state index in [9.17, 15) is 13.5 Å². The highest BCUT2D eigenvalue weighted by atomic mass is 32.2. The molecule has 26 heavy (non-hydrogen) atoms. The maximum Gasteiger partial charge on any atom is 0.271 e. The fourth-order valence-corrected chi connectivity index (χ4v) is 5.45. The lowest BCUT2D eigenvalue weighted by Crippen LogP contribution is -2.12. The van der Waals surface area contributed by atoms with Crippen molar-refractivity contribution in [3.63, 3.8) is 0 Å². The van der Waals surface area contributed by atoms with Gasteiger partial charge in [-0.25, -0.2) is 13.4 Å². The average molecular weight is 404 g/mol. The van der Waals surface area contributed by atoms with Gasteiger partial charge in [-0.1, -0.05) is 30.3 Å². The zero-order valence-electron chi connectivity index (χ0n) is 13.3. The zero-order valence-corrected chi connectivity index (χ0v) is 15.7. The molecule has 0 fully saturated rings. The minimum absolute atomic E-state index is 0.0782. The van der Waals surface area contributed by atoms with Crippen molar-refractivity contribution in [3.05, 3.63) is 47.8 Å². The lowest BCUT2D eigenvalue weighted by molar-refractivity contribution is 0.469. The number of phenolic OH excluding ortho intramolecular Hbond substituents is 1. The van der Waals surface area contributed by atoms with Crippen molar-refractivity contribution >= 4 is 61.0 Å². The molecule has 2 N–H and O–H groups in total. The van der Waals surface area contributed by atoms with Gasteiger partial charge in [-0.2, -0.15) is 0 Å². The summed E-state index contributed by atoms with van der Waals surface area (Å²) < 4.78 is 28.1. The molecule has 9 heteroatoms. The number of sulfonamides is 1. The van der Waals surface area contributed by atoms with Gasteiger partial charge in [-0.05, 0) is 29.3 Å². The largest absolute Gasteiger partial charge is 0.506 e. The molecule has 2 aromatic carbocycles. The first-order chi connectivity index (χ1) is 12.5. The smallest absolute Gasteiger partial charge is 0.271 e. The molecule has 0 bridgehead atoms. The van der Waals surface area contributed by atoms with Crippen LogP contribution in [-0.2, 0) is 10.0 Å². The Hall–Kier alpha value is -2.36. The molecule has 0 saturated carbocycles.